The summed E-state index contributed by atoms with van der Waals surface area (Å²) in [7, 11) is 0. The highest BCUT2D eigenvalue weighted by Crippen LogP contribution is 2.39. The molecular formula is C14H19F3N2. The van der Waals surface area contributed by atoms with E-state index in [-0.39, 0.29) is 12.0 Å². The van der Waals surface area contributed by atoms with Crippen LogP contribution in [0.4, 0.5) is 13.2 Å². The predicted molar refractivity (Wildman–Crippen MR) is 68.5 cm³/mol. The minimum absolute atomic E-state index is 0.104. The van der Waals surface area contributed by atoms with E-state index >= 15 is 0 Å². The van der Waals surface area contributed by atoms with Gasteiger partial charge < -0.3 is 11.1 Å². The maximum Gasteiger partial charge on any atom is 0.416 e. The standard InChI is InChI=1S/C14H19F3N2/c15-14(16,17)12-5-2-1-4-11(12)8-19-10-13(9-18)6-3-7-13/h1-2,4-5,19H,3,6-10,18H2. The first-order valence-corrected chi connectivity index (χ1v) is 6.53. The molecule has 5 heteroatoms. The van der Waals surface area contributed by atoms with Crippen LogP contribution in [0, 0.1) is 5.41 Å². The van der Waals surface area contributed by atoms with Crippen LogP contribution in [0.25, 0.3) is 0 Å². The molecule has 0 aromatic heterocycles. The molecule has 0 saturated heterocycles. The monoisotopic (exact) mass is 272 g/mol. The second-order valence-corrected chi connectivity index (χ2v) is 5.32. The Morgan fingerprint density at radius 1 is 1.21 bits per heavy atom. The lowest BCUT2D eigenvalue weighted by atomic mass is 9.69. The first kappa shape index (κ1) is 14.3. The molecule has 106 valence electrons. The molecule has 19 heavy (non-hydrogen) atoms. The SMILES string of the molecule is NCC1(CNCc2ccccc2C(F)(F)F)CCC1. The average molecular weight is 272 g/mol. The molecule has 2 rings (SSSR count). The van der Waals surface area contributed by atoms with E-state index in [9.17, 15) is 13.2 Å². The number of hydrogen-bond acceptors (Lipinski definition) is 2. The van der Waals surface area contributed by atoms with Crippen LogP contribution >= 0.6 is 0 Å². The minimum Gasteiger partial charge on any atom is -0.330 e. The van der Waals surface area contributed by atoms with Gasteiger partial charge in [0.1, 0.15) is 0 Å². The molecule has 0 unspecified atom stereocenters. The van der Waals surface area contributed by atoms with Crippen LogP contribution in [0.15, 0.2) is 24.3 Å². The van der Waals surface area contributed by atoms with Crippen LogP contribution in [-0.2, 0) is 12.7 Å². The highest BCUT2D eigenvalue weighted by Gasteiger charge is 2.36. The molecule has 0 amide bonds. The van der Waals surface area contributed by atoms with E-state index in [1.165, 1.54) is 12.1 Å². The van der Waals surface area contributed by atoms with Gasteiger partial charge in [-0.05, 0) is 36.4 Å². The maximum absolute atomic E-state index is 12.8. The summed E-state index contributed by atoms with van der Waals surface area (Å²) in [6.45, 7) is 1.52. The van der Waals surface area contributed by atoms with E-state index in [0.29, 0.717) is 18.7 Å². The van der Waals surface area contributed by atoms with Crippen LogP contribution in [-0.4, -0.2) is 13.1 Å². The van der Waals surface area contributed by atoms with Gasteiger partial charge in [-0.2, -0.15) is 13.2 Å². The summed E-state index contributed by atoms with van der Waals surface area (Å²) in [5.74, 6) is 0. The fourth-order valence-electron chi connectivity index (χ4n) is 2.54. The average Bonchev–Trinajstić information content (AvgIpc) is 2.32. The van der Waals surface area contributed by atoms with Crippen molar-refractivity contribution in [2.24, 2.45) is 11.1 Å². The molecule has 0 radical (unpaired) electrons. The number of halogens is 3. The van der Waals surface area contributed by atoms with Crippen LogP contribution < -0.4 is 11.1 Å². The molecule has 1 fully saturated rings. The number of rotatable bonds is 5. The van der Waals surface area contributed by atoms with Crippen molar-refractivity contribution in [2.75, 3.05) is 13.1 Å². The van der Waals surface area contributed by atoms with Crippen LogP contribution in [0.3, 0.4) is 0 Å². The van der Waals surface area contributed by atoms with Gasteiger partial charge in [0, 0.05) is 13.1 Å². The Bertz CT molecular complexity index is 419. The van der Waals surface area contributed by atoms with Crippen molar-refractivity contribution in [3.63, 3.8) is 0 Å². The van der Waals surface area contributed by atoms with Gasteiger partial charge in [-0.25, -0.2) is 0 Å². The summed E-state index contributed by atoms with van der Waals surface area (Å²) in [5, 5.41) is 3.13. The third-order valence-electron chi connectivity index (χ3n) is 3.99. The Kier molecular flexibility index (Phi) is 4.16. The van der Waals surface area contributed by atoms with Crippen molar-refractivity contribution in [1.29, 1.82) is 0 Å². The van der Waals surface area contributed by atoms with E-state index in [2.05, 4.69) is 5.32 Å². The normalized spacial score (nSPS) is 18.1. The quantitative estimate of drug-likeness (QED) is 0.865. The van der Waals surface area contributed by atoms with Gasteiger partial charge >= 0.3 is 6.18 Å². The van der Waals surface area contributed by atoms with E-state index in [1.807, 2.05) is 0 Å². The fourth-order valence-corrected chi connectivity index (χ4v) is 2.54. The molecule has 0 atom stereocenters. The molecule has 1 aromatic carbocycles. The van der Waals surface area contributed by atoms with Gasteiger partial charge in [0.2, 0.25) is 0 Å². The summed E-state index contributed by atoms with van der Waals surface area (Å²) in [5.41, 5.74) is 5.57. The molecule has 0 spiro atoms. The lowest BCUT2D eigenvalue weighted by Crippen LogP contribution is -2.45. The van der Waals surface area contributed by atoms with Crippen LogP contribution in [0.5, 0.6) is 0 Å². The van der Waals surface area contributed by atoms with Crippen molar-refractivity contribution in [1.82, 2.24) is 5.32 Å². The van der Waals surface area contributed by atoms with Crippen molar-refractivity contribution in [2.45, 2.75) is 32.0 Å². The number of nitrogens with one attached hydrogen (secondary N) is 1. The van der Waals surface area contributed by atoms with Crippen molar-refractivity contribution in [3.8, 4) is 0 Å². The Morgan fingerprint density at radius 2 is 1.89 bits per heavy atom. The molecule has 2 nitrogen and oxygen atoms in total. The third-order valence-corrected chi connectivity index (χ3v) is 3.99. The summed E-state index contributed by atoms with van der Waals surface area (Å²) in [6.07, 6.45) is -0.993. The summed E-state index contributed by atoms with van der Waals surface area (Å²) < 4.78 is 38.4. The second kappa shape index (κ2) is 5.51. The lowest BCUT2D eigenvalue weighted by Gasteiger charge is -2.41. The van der Waals surface area contributed by atoms with E-state index in [1.54, 1.807) is 6.07 Å². The van der Waals surface area contributed by atoms with Gasteiger partial charge in [-0.15, -0.1) is 0 Å². The highest BCUT2D eigenvalue weighted by atomic mass is 19.4. The zero-order valence-corrected chi connectivity index (χ0v) is 10.8. The molecular weight excluding hydrogens is 253 g/mol. The largest absolute Gasteiger partial charge is 0.416 e. The zero-order chi connectivity index (χ0) is 13.9. The van der Waals surface area contributed by atoms with E-state index in [0.717, 1.165) is 25.3 Å². The molecule has 3 N–H and O–H groups in total. The number of hydrogen-bond donors (Lipinski definition) is 2. The smallest absolute Gasteiger partial charge is 0.330 e. The topological polar surface area (TPSA) is 38.0 Å². The Morgan fingerprint density at radius 3 is 2.42 bits per heavy atom. The summed E-state index contributed by atoms with van der Waals surface area (Å²) in [6, 6.07) is 5.69. The van der Waals surface area contributed by atoms with Crippen molar-refractivity contribution in [3.05, 3.63) is 35.4 Å². The van der Waals surface area contributed by atoms with E-state index in [4.69, 9.17) is 5.73 Å². The Balaban J connectivity index is 1.96. The molecule has 0 heterocycles. The van der Waals surface area contributed by atoms with Crippen LogP contribution in [0.1, 0.15) is 30.4 Å². The van der Waals surface area contributed by atoms with Crippen molar-refractivity contribution >= 4 is 0 Å². The Hall–Kier alpha value is -1.07. The summed E-state index contributed by atoms with van der Waals surface area (Å²) in [4.78, 5) is 0. The Labute approximate surface area is 111 Å². The summed E-state index contributed by atoms with van der Waals surface area (Å²) >= 11 is 0. The lowest BCUT2D eigenvalue weighted by molar-refractivity contribution is -0.138. The zero-order valence-electron chi connectivity index (χ0n) is 10.8. The van der Waals surface area contributed by atoms with Gasteiger partial charge in [0.25, 0.3) is 0 Å². The number of benzene rings is 1. The molecule has 1 aliphatic carbocycles. The fraction of sp³-hybridized carbons (Fsp3) is 0.571. The first-order valence-electron chi connectivity index (χ1n) is 6.53. The van der Waals surface area contributed by atoms with Gasteiger partial charge in [-0.3, -0.25) is 0 Å². The number of nitrogens with two attached hydrogens (primary N) is 1. The van der Waals surface area contributed by atoms with Crippen molar-refractivity contribution < 1.29 is 13.2 Å². The van der Waals surface area contributed by atoms with Crippen LogP contribution in [0.2, 0.25) is 0 Å². The molecule has 1 aliphatic rings. The van der Waals surface area contributed by atoms with E-state index < -0.39 is 11.7 Å². The highest BCUT2D eigenvalue weighted by molar-refractivity contribution is 5.29. The number of alkyl halides is 3. The first-order chi connectivity index (χ1) is 8.97. The third kappa shape index (κ3) is 3.28. The molecule has 1 saturated carbocycles. The van der Waals surface area contributed by atoms with Gasteiger partial charge in [-0.1, -0.05) is 24.6 Å². The van der Waals surface area contributed by atoms with Gasteiger partial charge in [0.05, 0.1) is 5.56 Å². The molecule has 0 bridgehead atoms. The predicted octanol–water partition coefficient (Wildman–Crippen LogP) is 2.92. The molecule has 1 aromatic rings. The van der Waals surface area contributed by atoms with Gasteiger partial charge in [0.15, 0.2) is 0 Å². The maximum atomic E-state index is 12.8. The molecule has 0 aliphatic heterocycles. The second-order valence-electron chi connectivity index (χ2n) is 5.32. The minimum atomic E-state index is -4.29.